The number of ether oxygens (including phenoxy) is 1. The van der Waals surface area contributed by atoms with Gasteiger partial charge in [0.05, 0.1) is 6.61 Å². The van der Waals surface area contributed by atoms with E-state index < -0.39 is 5.92 Å². The second kappa shape index (κ2) is 3.90. The van der Waals surface area contributed by atoms with Crippen molar-refractivity contribution in [3.8, 4) is 0 Å². The topological polar surface area (TPSA) is 43.4 Å². The molecule has 3 atom stereocenters. The average Bonchev–Trinajstić information content (AvgIpc) is 2.27. The smallest absolute Gasteiger partial charge is 0.316 e. The molecule has 0 bridgehead atoms. The van der Waals surface area contributed by atoms with E-state index in [0.717, 1.165) is 0 Å². The number of Topliss-reactive ketones (excluding diaryl/α,β-unsaturated/α-hetero) is 1. The van der Waals surface area contributed by atoms with Crippen molar-refractivity contribution in [3.05, 3.63) is 0 Å². The molecule has 0 heterocycles. The maximum atomic E-state index is 11.4. The van der Waals surface area contributed by atoms with Crippen LogP contribution in [0.15, 0.2) is 0 Å². The van der Waals surface area contributed by atoms with E-state index in [1.807, 2.05) is 13.8 Å². The van der Waals surface area contributed by atoms with Crippen LogP contribution >= 0.6 is 0 Å². The molecule has 3 unspecified atom stereocenters. The minimum atomic E-state index is -0.505. The molecule has 0 aromatic carbocycles. The molecule has 3 heteroatoms. The van der Waals surface area contributed by atoms with E-state index in [2.05, 4.69) is 0 Å². The number of carbonyl (C=O) groups excluding carboxylic acids is 2. The lowest BCUT2D eigenvalue weighted by atomic mass is 9.92. The number of ketones is 1. The van der Waals surface area contributed by atoms with Gasteiger partial charge in [0, 0.05) is 6.42 Å². The van der Waals surface area contributed by atoms with Gasteiger partial charge in [-0.05, 0) is 18.8 Å². The first-order chi connectivity index (χ1) is 6.07. The molecule has 0 aliphatic heterocycles. The van der Waals surface area contributed by atoms with E-state index in [4.69, 9.17) is 4.74 Å². The van der Waals surface area contributed by atoms with Gasteiger partial charge >= 0.3 is 5.97 Å². The fourth-order valence-corrected chi connectivity index (χ4v) is 1.83. The standard InChI is InChI=1S/C10H16O3/c1-4-13-10(12)9-7(3)6(2)5-8(9)11/h6-7,9H,4-5H2,1-3H3. The summed E-state index contributed by atoms with van der Waals surface area (Å²) < 4.78 is 4.86. The highest BCUT2D eigenvalue weighted by molar-refractivity contribution is 6.01. The second-order valence-corrected chi connectivity index (χ2v) is 3.74. The molecular formula is C10H16O3. The molecule has 1 rings (SSSR count). The van der Waals surface area contributed by atoms with E-state index >= 15 is 0 Å². The summed E-state index contributed by atoms with van der Waals surface area (Å²) in [5.41, 5.74) is 0. The third-order valence-corrected chi connectivity index (χ3v) is 2.83. The zero-order valence-electron chi connectivity index (χ0n) is 8.37. The number of hydrogen-bond acceptors (Lipinski definition) is 3. The molecule has 0 aromatic rings. The third-order valence-electron chi connectivity index (χ3n) is 2.83. The predicted molar refractivity (Wildman–Crippen MR) is 48.1 cm³/mol. The molecule has 0 radical (unpaired) electrons. The molecule has 74 valence electrons. The molecule has 0 spiro atoms. The Labute approximate surface area is 78.5 Å². The first-order valence-corrected chi connectivity index (χ1v) is 4.77. The summed E-state index contributed by atoms with van der Waals surface area (Å²) in [6, 6.07) is 0. The lowest BCUT2D eigenvalue weighted by Crippen LogP contribution is -2.26. The lowest BCUT2D eigenvalue weighted by molar-refractivity contribution is -0.151. The SMILES string of the molecule is CCOC(=O)C1C(=O)CC(C)C1C. The largest absolute Gasteiger partial charge is 0.465 e. The highest BCUT2D eigenvalue weighted by atomic mass is 16.5. The summed E-state index contributed by atoms with van der Waals surface area (Å²) >= 11 is 0. The van der Waals surface area contributed by atoms with Crippen molar-refractivity contribution >= 4 is 11.8 Å². The van der Waals surface area contributed by atoms with Gasteiger partial charge in [0.1, 0.15) is 11.7 Å². The van der Waals surface area contributed by atoms with Crippen LogP contribution < -0.4 is 0 Å². The quantitative estimate of drug-likeness (QED) is 0.481. The molecule has 1 saturated carbocycles. The minimum Gasteiger partial charge on any atom is -0.465 e. The summed E-state index contributed by atoms with van der Waals surface area (Å²) in [5, 5.41) is 0. The predicted octanol–water partition coefficient (Wildman–Crippen LogP) is 1.41. The Morgan fingerprint density at radius 2 is 2.15 bits per heavy atom. The van der Waals surface area contributed by atoms with Gasteiger partial charge in [-0.3, -0.25) is 9.59 Å². The van der Waals surface area contributed by atoms with Crippen LogP contribution in [-0.2, 0) is 14.3 Å². The van der Waals surface area contributed by atoms with E-state index in [1.54, 1.807) is 6.92 Å². The van der Waals surface area contributed by atoms with Crippen molar-refractivity contribution in [2.24, 2.45) is 17.8 Å². The van der Waals surface area contributed by atoms with Gasteiger partial charge in [0.2, 0.25) is 0 Å². The average molecular weight is 184 g/mol. The highest BCUT2D eigenvalue weighted by Gasteiger charge is 2.42. The Morgan fingerprint density at radius 3 is 2.54 bits per heavy atom. The summed E-state index contributed by atoms with van der Waals surface area (Å²) in [4.78, 5) is 22.8. The molecule has 0 N–H and O–H groups in total. The first-order valence-electron chi connectivity index (χ1n) is 4.77. The van der Waals surface area contributed by atoms with Crippen LogP contribution in [0.25, 0.3) is 0 Å². The summed E-state index contributed by atoms with van der Waals surface area (Å²) in [5.74, 6) is -0.369. The van der Waals surface area contributed by atoms with Crippen LogP contribution in [-0.4, -0.2) is 18.4 Å². The fourth-order valence-electron chi connectivity index (χ4n) is 1.83. The van der Waals surface area contributed by atoms with Crippen LogP contribution in [0.4, 0.5) is 0 Å². The minimum absolute atomic E-state index is 0.0402. The summed E-state index contributed by atoms with van der Waals surface area (Å²) in [6.45, 7) is 6.05. The molecule has 0 amide bonds. The normalized spacial score (nSPS) is 33.5. The maximum absolute atomic E-state index is 11.4. The van der Waals surface area contributed by atoms with Gasteiger partial charge in [-0.1, -0.05) is 13.8 Å². The lowest BCUT2D eigenvalue weighted by Gasteiger charge is -2.14. The van der Waals surface area contributed by atoms with Crippen molar-refractivity contribution in [1.82, 2.24) is 0 Å². The molecular weight excluding hydrogens is 168 g/mol. The van der Waals surface area contributed by atoms with Crippen molar-refractivity contribution in [2.45, 2.75) is 27.2 Å². The molecule has 1 fully saturated rings. The van der Waals surface area contributed by atoms with E-state index in [9.17, 15) is 9.59 Å². The summed E-state index contributed by atoms with van der Waals surface area (Å²) in [7, 11) is 0. The number of hydrogen-bond donors (Lipinski definition) is 0. The van der Waals surface area contributed by atoms with Crippen LogP contribution in [0.5, 0.6) is 0 Å². The zero-order valence-corrected chi connectivity index (χ0v) is 8.37. The van der Waals surface area contributed by atoms with Gasteiger partial charge in [0.25, 0.3) is 0 Å². The van der Waals surface area contributed by atoms with Gasteiger partial charge in [-0.2, -0.15) is 0 Å². The Morgan fingerprint density at radius 1 is 1.54 bits per heavy atom. The molecule has 3 nitrogen and oxygen atoms in total. The van der Waals surface area contributed by atoms with Crippen molar-refractivity contribution in [3.63, 3.8) is 0 Å². The van der Waals surface area contributed by atoms with E-state index in [-0.39, 0.29) is 17.7 Å². The van der Waals surface area contributed by atoms with Gasteiger partial charge in [-0.15, -0.1) is 0 Å². The number of esters is 1. The second-order valence-electron chi connectivity index (χ2n) is 3.74. The van der Waals surface area contributed by atoms with Crippen molar-refractivity contribution in [2.75, 3.05) is 6.61 Å². The van der Waals surface area contributed by atoms with E-state index in [1.165, 1.54) is 0 Å². The monoisotopic (exact) mass is 184 g/mol. The number of rotatable bonds is 2. The molecule has 0 saturated heterocycles. The zero-order chi connectivity index (χ0) is 10.0. The fraction of sp³-hybridized carbons (Fsp3) is 0.800. The summed E-state index contributed by atoms with van der Waals surface area (Å²) in [6.07, 6.45) is 0.518. The van der Waals surface area contributed by atoms with Gasteiger partial charge < -0.3 is 4.74 Å². The van der Waals surface area contributed by atoms with Crippen molar-refractivity contribution in [1.29, 1.82) is 0 Å². The molecule has 1 aliphatic carbocycles. The molecule has 13 heavy (non-hydrogen) atoms. The Hall–Kier alpha value is -0.860. The molecule has 0 aromatic heterocycles. The van der Waals surface area contributed by atoms with Crippen LogP contribution in [0.2, 0.25) is 0 Å². The van der Waals surface area contributed by atoms with Crippen molar-refractivity contribution < 1.29 is 14.3 Å². The van der Waals surface area contributed by atoms with Crippen LogP contribution in [0.3, 0.4) is 0 Å². The Kier molecular flexibility index (Phi) is 3.07. The van der Waals surface area contributed by atoms with Gasteiger partial charge in [-0.25, -0.2) is 0 Å². The van der Waals surface area contributed by atoms with Crippen LogP contribution in [0.1, 0.15) is 27.2 Å². The Bertz CT molecular complexity index is 222. The van der Waals surface area contributed by atoms with E-state index in [0.29, 0.717) is 18.9 Å². The van der Waals surface area contributed by atoms with Crippen LogP contribution in [0, 0.1) is 17.8 Å². The van der Waals surface area contributed by atoms with Gasteiger partial charge in [0.15, 0.2) is 0 Å². The highest BCUT2D eigenvalue weighted by Crippen LogP contribution is 2.34. The first kappa shape index (κ1) is 10.2. The Balaban J connectivity index is 2.68. The number of carbonyl (C=O) groups is 2. The maximum Gasteiger partial charge on any atom is 0.316 e. The third kappa shape index (κ3) is 1.90. The molecule has 1 aliphatic rings.